The third-order valence-corrected chi connectivity index (χ3v) is 4.98. The fourth-order valence-corrected chi connectivity index (χ4v) is 3.87. The number of nitrogens with zero attached hydrogens (tertiary/aromatic N) is 1. The molecule has 1 aliphatic carbocycles. The van der Waals surface area contributed by atoms with Gasteiger partial charge in [-0.3, -0.25) is 0 Å². The predicted octanol–water partition coefficient (Wildman–Crippen LogP) is 3.72. The van der Waals surface area contributed by atoms with E-state index in [1.165, 1.54) is 10.9 Å². The van der Waals surface area contributed by atoms with E-state index in [4.69, 9.17) is 9.47 Å². The zero-order valence-corrected chi connectivity index (χ0v) is 12.3. The summed E-state index contributed by atoms with van der Waals surface area (Å²) in [4.78, 5) is 0. The van der Waals surface area contributed by atoms with Crippen LogP contribution < -0.4 is 0 Å². The molecule has 1 aromatic heterocycles. The molecule has 1 saturated heterocycles. The first-order valence-corrected chi connectivity index (χ1v) is 7.69. The molecule has 1 aromatic carbocycles. The molecule has 0 radical (unpaired) electrons. The Balaban J connectivity index is 1.63. The molecule has 21 heavy (non-hydrogen) atoms. The summed E-state index contributed by atoms with van der Waals surface area (Å²) in [7, 11) is 1.98. The van der Waals surface area contributed by atoms with Crippen molar-refractivity contribution in [2.45, 2.75) is 37.4 Å². The first-order chi connectivity index (χ1) is 10.2. The molecule has 0 N–H and O–H groups in total. The third-order valence-electron chi connectivity index (χ3n) is 4.98. The van der Waals surface area contributed by atoms with Gasteiger partial charge in [0.2, 0.25) is 0 Å². The maximum Gasteiger partial charge on any atom is 0.168 e. The highest BCUT2D eigenvalue weighted by Gasteiger charge is 2.40. The smallest absolute Gasteiger partial charge is 0.168 e. The van der Waals surface area contributed by atoms with Crippen LogP contribution in [-0.2, 0) is 16.5 Å². The number of halogens is 1. The van der Waals surface area contributed by atoms with E-state index in [-0.39, 0.29) is 11.6 Å². The van der Waals surface area contributed by atoms with Gasteiger partial charge in [0.15, 0.2) is 5.79 Å². The van der Waals surface area contributed by atoms with Crippen molar-refractivity contribution in [3.63, 3.8) is 0 Å². The van der Waals surface area contributed by atoms with Gasteiger partial charge < -0.3 is 14.0 Å². The van der Waals surface area contributed by atoms with E-state index in [0.29, 0.717) is 5.92 Å². The van der Waals surface area contributed by atoms with Crippen molar-refractivity contribution in [1.82, 2.24) is 4.57 Å². The first-order valence-electron chi connectivity index (χ1n) is 7.69. The normalized spacial score (nSPS) is 22.4. The second kappa shape index (κ2) is 4.82. The Bertz CT molecular complexity index is 663. The van der Waals surface area contributed by atoms with E-state index in [2.05, 4.69) is 6.20 Å². The Hall–Kier alpha value is -1.39. The number of fused-ring (bicyclic) bond motifs is 1. The number of hydrogen-bond acceptors (Lipinski definition) is 2. The SMILES string of the molecule is Cn1cc(C2CCC3(CC2)OCCO3)c2ccc(F)cc21. The van der Waals surface area contributed by atoms with Crippen molar-refractivity contribution in [1.29, 1.82) is 0 Å². The van der Waals surface area contributed by atoms with Crippen molar-refractivity contribution in [2.24, 2.45) is 7.05 Å². The van der Waals surface area contributed by atoms with E-state index < -0.39 is 0 Å². The first kappa shape index (κ1) is 13.3. The highest BCUT2D eigenvalue weighted by atomic mass is 19.1. The van der Waals surface area contributed by atoms with Crippen LogP contribution >= 0.6 is 0 Å². The Kier molecular flexibility index (Phi) is 3.05. The predicted molar refractivity (Wildman–Crippen MR) is 78.7 cm³/mol. The second-order valence-electron chi connectivity index (χ2n) is 6.24. The lowest BCUT2D eigenvalue weighted by Crippen LogP contribution is -2.34. The summed E-state index contributed by atoms with van der Waals surface area (Å²) in [6.07, 6.45) is 6.20. The van der Waals surface area contributed by atoms with Crippen molar-refractivity contribution < 1.29 is 13.9 Å². The molecule has 112 valence electrons. The highest BCUT2D eigenvalue weighted by molar-refractivity contribution is 5.84. The van der Waals surface area contributed by atoms with Crippen LogP contribution in [0, 0.1) is 5.82 Å². The van der Waals surface area contributed by atoms with Crippen LogP contribution in [-0.4, -0.2) is 23.6 Å². The van der Waals surface area contributed by atoms with Crippen LogP contribution in [0.4, 0.5) is 4.39 Å². The second-order valence-corrected chi connectivity index (χ2v) is 6.24. The molecule has 1 aliphatic heterocycles. The fraction of sp³-hybridized carbons (Fsp3) is 0.529. The summed E-state index contributed by atoms with van der Waals surface area (Å²) in [5, 5.41) is 1.17. The lowest BCUT2D eigenvalue weighted by atomic mass is 9.81. The topological polar surface area (TPSA) is 23.4 Å². The van der Waals surface area contributed by atoms with Gasteiger partial charge in [0, 0.05) is 31.5 Å². The molecule has 0 amide bonds. The third kappa shape index (κ3) is 2.17. The maximum atomic E-state index is 13.4. The Labute approximate surface area is 123 Å². The zero-order valence-electron chi connectivity index (χ0n) is 12.3. The molecular weight excluding hydrogens is 269 g/mol. The molecular formula is C17H20FNO2. The van der Waals surface area contributed by atoms with Gasteiger partial charge in [-0.15, -0.1) is 0 Å². The average Bonchev–Trinajstić information content (AvgIpc) is 3.06. The van der Waals surface area contributed by atoms with E-state index in [1.807, 2.05) is 17.7 Å². The summed E-state index contributed by atoms with van der Waals surface area (Å²) < 4.78 is 27.0. The van der Waals surface area contributed by atoms with Crippen LogP contribution in [0.25, 0.3) is 10.9 Å². The number of rotatable bonds is 1. The Morgan fingerprint density at radius 3 is 2.62 bits per heavy atom. The van der Waals surface area contributed by atoms with Gasteiger partial charge in [0.1, 0.15) is 5.82 Å². The molecule has 0 unspecified atom stereocenters. The molecule has 0 bridgehead atoms. The van der Waals surface area contributed by atoms with Crippen LogP contribution in [0.15, 0.2) is 24.4 Å². The quantitative estimate of drug-likeness (QED) is 0.799. The zero-order chi connectivity index (χ0) is 14.4. The molecule has 1 saturated carbocycles. The molecule has 1 spiro atoms. The van der Waals surface area contributed by atoms with Crippen molar-refractivity contribution in [3.05, 3.63) is 35.8 Å². The van der Waals surface area contributed by atoms with E-state index in [1.54, 1.807) is 12.1 Å². The van der Waals surface area contributed by atoms with E-state index >= 15 is 0 Å². The van der Waals surface area contributed by atoms with Crippen LogP contribution in [0.5, 0.6) is 0 Å². The molecule has 4 heteroatoms. The Morgan fingerprint density at radius 1 is 1.19 bits per heavy atom. The van der Waals surface area contributed by atoms with Gasteiger partial charge in [0.05, 0.1) is 18.7 Å². The summed E-state index contributed by atoms with van der Waals surface area (Å²) >= 11 is 0. The minimum atomic E-state index is -0.312. The standard InChI is InChI=1S/C17H20FNO2/c1-19-11-15(14-3-2-13(18)10-16(14)19)12-4-6-17(7-5-12)20-8-9-21-17/h2-3,10-12H,4-9H2,1H3. The van der Waals surface area contributed by atoms with Gasteiger partial charge in [-0.1, -0.05) is 0 Å². The van der Waals surface area contributed by atoms with Crippen molar-refractivity contribution in [3.8, 4) is 0 Å². The van der Waals surface area contributed by atoms with Gasteiger partial charge in [-0.05, 0) is 42.5 Å². The van der Waals surface area contributed by atoms with Crippen LogP contribution in [0.2, 0.25) is 0 Å². The van der Waals surface area contributed by atoms with Crippen molar-refractivity contribution >= 4 is 10.9 Å². The number of benzene rings is 1. The number of hydrogen-bond donors (Lipinski definition) is 0. The summed E-state index contributed by atoms with van der Waals surface area (Å²) in [5.41, 5.74) is 2.30. The van der Waals surface area contributed by atoms with Crippen LogP contribution in [0.3, 0.4) is 0 Å². The van der Waals surface area contributed by atoms with Gasteiger partial charge in [-0.25, -0.2) is 4.39 Å². The molecule has 2 aromatic rings. The summed E-state index contributed by atoms with van der Waals surface area (Å²) in [6, 6.07) is 5.08. The Morgan fingerprint density at radius 2 is 1.90 bits per heavy atom. The molecule has 3 nitrogen and oxygen atoms in total. The lowest BCUT2D eigenvalue weighted by Gasteiger charge is -2.35. The lowest BCUT2D eigenvalue weighted by molar-refractivity contribution is -0.178. The average molecular weight is 289 g/mol. The van der Waals surface area contributed by atoms with E-state index in [0.717, 1.165) is 44.4 Å². The largest absolute Gasteiger partial charge is 0.350 e. The minimum Gasteiger partial charge on any atom is -0.350 e. The highest BCUT2D eigenvalue weighted by Crippen LogP contribution is 2.44. The summed E-state index contributed by atoms with van der Waals surface area (Å²) in [6.45, 7) is 1.44. The maximum absolute atomic E-state index is 13.4. The van der Waals surface area contributed by atoms with Gasteiger partial charge in [0.25, 0.3) is 0 Å². The number of aromatic nitrogens is 1. The number of aryl methyl sites for hydroxylation is 1. The monoisotopic (exact) mass is 289 g/mol. The van der Waals surface area contributed by atoms with Gasteiger partial charge in [-0.2, -0.15) is 0 Å². The number of ether oxygens (including phenoxy) is 2. The minimum absolute atomic E-state index is 0.175. The molecule has 2 heterocycles. The fourth-order valence-electron chi connectivity index (χ4n) is 3.87. The molecule has 0 atom stereocenters. The molecule has 4 rings (SSSR count). The van der Waals surface area contributed by atoms with Gasteiger partial charge >= 0.3 is 0 Å². The molecule has 2 fully saturated rings. The summed E-state index contributed by atoms with van der Waals surface area (Å²) in [5.74, 6) is 0.0240. The van der Waals surface area contributed by atoms with E-state index in [9.17, 15) is 4.39 Å². The van der Waals surface area contributed by atoms with Crippen molar-refractivity contribution in [2.75, 3.05) is 13.2 Å². The molecule has 2 aliphatic rings. The van der Waals surface area contributed by atoms with Crippen LogP contribution in [0.1, 0.15) is 37.2 Å².